The number of rotatable bonds is 6. The molecule has 2 aromatic rings. The van der Waals surface area contributed by atoms with Crippen molar-refractivity contribution in [2.45, 2.75) is 18.9 Å². The molecular weight excluding hydrogens is 312 g/mol. The Labute approximate surface area is 120 Å². The summed E-state index contributed by atoms with van der Waals surface area (Å²) in [5, 5.41) is 13.3. The van der Waals surface area contributed by atoms with Crippen LogP contribution < -0.4 is 5.32 Å². The standard InChI is InChI=1S/C12H17BrN4O2/c1-12(18,3-6-19-2)8-15-10-11-14-4-5-17(11)7-9(13)16-10/h4-5,7,18H,3,6,8H2,1-2H3,(H,15,16). The van der Waals surface area contributed by atoms with Crippen molar-refractivity contribution in [3.63, 3.8) is 0 Å². The fourth-order valence-electron chi connectivity index (χ4n) is 1.70. The van der Waals surface area contributed by atoms with Gasteiger partial charge in [-0.25, -0.2) is 9.97 Å². The van der Waals surface area contributed by atoms with Crippen molar-refractivity contribution in [3.8, 4) is 0 Å². The minimum Gasteiger partial charge on any atom is -0.388 e. The third-order valence-electron chi connectivity index (χ3n) is 2.83. The molecule has 2 aromatic heterocycles. The van der Waals surface area contributed by atoms with Crippen LogP contribution in [0, 0.1) is 0 Å². The zero-order valence-corrected chi connectivity index (χ0v) is 12.5. The summed E-state index contributed by atoms with van der Waals surface area (Å²) >= 11 is 3.35. The lowest BCUT2D eigenvalue weighted by Crippen LogP contribution is -2.35. The average Bonchev–Trinajstić information content (AvgIpc) is 2.81. The molecule has 0 aliphatic heterocycles. The van der Waals surface area contributed by atoms with Gasteiger partial charge in [-0.3, -0.25) is 0 Å². The summed E-state index contributed by atoms with van der Waals surface area (Å²) in [6, 6.07) is 0. The maximum Gasteiger partial charge on any atom is 0.180 e. The molecule has 0 saturated heterocycles. The number of hydrogen-bond donors (Lipinski definition) is 2. The summed E-state index contributed by atoms with van der Waals surface area (Å²) in [4.78, 5) is 8.57. The Morgan fingerprint density at radius 3 is 3.11 bits per heavy atom. The van der Waals surface area contributed by atoms with Gasteiger partial charge < -0.3 is 19.6 Å². The molecule has 1 atom stereocenters. The lowest BCUT2D eigenvalue weighted by Gasteiger charge is -2.23. The number of aromatic nitrogens is 3. The maximum atomic E-state index is 10.2. The van der Waals surface area contributed by atoms with Crippen molar-refractivity contribution < 1.29 is 9.84 Å². The van der Waals surface area contributed by atoms with E-state index in [0.29, 0.717) is 30.0 Å². The van der Waals surface area contributed by atoms with Crippen LogP contribution in [0.15, 0.2) is 23.2 Å². The first-order chi connectivity index (χ1) is 9.02. The number of methoxy groups -OCH3 is 1. The minimum atomic E-state index is -0.858. The fourth-order valence-corrected chi connectivity index (χ4v) is 2.10. The number of aliphatic hydroxyl groups is 1. The number of nitrogens with zero attached hydrogens (tertiary/aromatic N) is 3. The molecule has 0 radical (unpaired) electrons. The van der Waals surface area contributed by atoms with E-state index in [-0.39, 0.29) is 0 Å². The summed E-state index contributed by atoms with van der Waals surface area (Å²) in [5.41, 5.74) is -0.130. The second-order valence-corrected chi connectivity index (χ2v) is 5.48. The smallest absolute Gasteiger partial charge is 0.180 e. The number of imidazole rings is 1. The Hall–Kier alpha value is -1.18. The Bertz CT molecular complexity index is 556. The van der Waals surface area contributed by atoms with Crippen LogP contribution in [0.1, 0.15) is 13.3 Å². The number of nitrogens with one attached hydrogen (secondary N) is 1. The van der Waals surface area contributed by atoms with Gasteiger partial charge in [0.1, 0.15) is 4.60 Å². The van der Waals surface area contributed by atoms with Crippen LogP contribution in [0.4, 0.5) is 5.82 Å². The molecule has 1 unspecified atom stereocenters. The SMILES string of the molecule is COCCC(C)(O)CNc1nc(Br)cn2ccnc12. The number of fused-ring (bicyclic) bond motifs is 1. The predicted octanol–water partition coefficient (Wildman–Crippen LogP) is 1.69. The van der Waals surface area contributed by atoms with E-state index in [4.69, 9.17) is 4.74 Å². The normalized spacial score (nSPS) is 14.5. The van der Waals surface area contributed by atoms with Gasteiger partial charge in [-0.05, 0) is 22.9 Å². The first-order valence-corrected chi connectivity index (χ1v) is 6.75. The van der Waals surface area contributed by atoms with Crippen LogP contribution in [-0.2, 0) is 4.74 Å². The van der Waals surface area contributed by atoms with Gasteiger partial charge in [0, 0.05) is 45.3 Å². The van der Waals surface area contributed by atoms with E-state index in [0.717, 1.165) is 5.65 Å². The third-order valence-corrected chi connectivity index (χ3v) is 3.21. The molecule has 0 aliphatic rings. The van der Waals surface area contributed by atoms with Gasteiger partial charge in [0.05, 0.1) is 5.60 Å². The van der Waals surface area contributed by atoms with Crippen LogP contribution in [0.3, 0.4) is 0 Å². The first-order valence-electron chi connectivity index (χ1n) is 5.96. The third kappa shape index (κ3) is 3.65. The maximum absolute atomic E-state index is 10.2. The molecule has 0 aliphatic carbocycles. The molecule has 104 valence electrons. The molecule has 7 heteroatoms. The van der Waals surface area contributed by atoms with E-state index in [2.05, 4.69) is 31.2 Å². The van der Waals surface area contributed by atoms with Gasteiger partial charge in [0.25, 0.3) is 0 Å². The highest BCUT2D eigenvalue weighted by Crippen LogP contribution is 2.18. The summed E-state index contributed by atoms with van der Waals surface area (Å²) < 4.78 is 7.55. The molecule has 2 N–H and O–H groups in total. The van der Waals surface area contributed by atoms with Crippen molar-refractivity contribution in [1.29, 1.82) is 0 Å². The van der Waals surface area contributed by atoms with E-state index in [9.17, 15) is 5.11 Å². The van der Waals surface area contributed by atoms with Gasteiger partial charge >= 0.3 is 0 Å². The molecule has 0 fully saturated rings. The number of halogens is 1. The van der Waals surface area contributed by atoms with Crippen LogP contribution >= 0.6 is 15.9 Å². The lowest BCUT2D eigenvalue weighted by atomic mass is 10.0. The summed E-state index contributed by atoms with van der Waals surface area (Å²) in [6.45, 7) is 2.65. The van der Waals surface area contributed by atoms with Crippen molar-refractivity contribution in [3.05, 3.63) is 23.2 Å². The fraction of sp³-hybridized carbons (Fsp3) is 0.500. The lowest BCUT2D eigenvalue weighted by molar-refractivity contribution is 0.0357. The predicted molar refractivity (Wildman–Crippen MR) is 76.3 cm³/mol. The van der Waals surface area contributed by atoms with Crippen molar-refractivity contribution in [2.24, 2.45) is 0 Å². The molecule has 6 nitrogen and oxygen atoms in total. The largest absolute Gasteiger partial charge is 0.388 e. The monoisotopic (exact) mass is 328 g/mol. The molecule has 2 heterocycles. The highest BCUT2D eigenvalue weighted by molar-refractivity contribution is 9.10. The molecule has 0 spiro atoms. The molecule has 0 amide bonds. The van der Waals surface area contributed by atoms with Crippen LogP contribution in [-0.4, -0.2) is 45.3 Å². The summed E-state index contributed by atoms with van der Waals surface area (Å²) in [5.74, 6) is 0.636. The van der Waals surface area contributed by atoms with Crippen molar-refractivity contribution in [1.82, 2.24) is 14.4 Å². The van der Waals surface area contributed by atoms with Gasteiger partial charge in [0.2, 0.25) is 0 Å². The van der Waals surface area contributed by atoms with Crippen LogP contribution in [0.2, 0.25) is 0 Å². The zero-order chi connectivity index (χ0) is 13.9. The van der Waals surface area contributed by atoms with Crippen molar-refractivity contribution in [2.75, 3.05) is 25.6 Å². The number of anilines is 1. The second-order valence-electron chi connectivity index (χ2n) is 4.66. The van der Waals surface area contributed by atoms with Gasteiger partial charge in [-0.2, -0.15) is 0 Å². The molecule has 2 rings (SSSR count). The van der Waals surface area contributed by atoms with E-state index < -0.39 is 5.60 Å². The topological polar surface area (TPSA) is 71.7 Å². The van der Waals surface area contributed by atoms with E-state index in [1.807, 2.05) is 16.8 Å². The molecule has 0 aromatic carbocycles. The number of hydrogen-bond acceptors (Lipinski definition) is 5. The minimum absolute atomic E-state index is 0.377. The quantitative estimate of drug-likeness (QED) is 0.844. The molecule has 19 heavy (non-hydrogen) atoms. The Morgan fingerprint density at radius 2 is 2.37 bits per heavy atom. The molecular formula is C12H17BrN4O2. The Morgan fingerprint density at radius 1 is 1.58 bits per heavy atom. The van der Waals surface area contributed by atoms with E-state index in [1.54, 1.807) is 20.2 Å². The Kier molecular flexibility index (Phi) is 4.38. The van der Waals surface area contributed by atoms with Gasteiger partial charge in [-0.15, -0.1) is 0 Å². The van der Waals surface area contributed by atoms with Crippen molar-refractivity contribution >= 4 is 27.4 Å². The molecule has 0 saturated carbocycles. The zero-order valence-electron chi connectivity index (χ0n) is 10.9. The van der Waals surface area contributed by atoms with E-state index in [1.165, 1.54) is 0 Å². The highest BCUT2D eigenvalue weighted by Gasteiger charge is 2.20. The second kappa shape index (κ2) is 5.85. The van der Waals surface area contributed by atoms with Crippen LogP contribution in [0.5, 0.6) is 0 Å². The summed E-state index contributed by atoms with van der Waals surface area (Å²) in [7, 11) is 1.62. The van der Waals surface area contributed by atoms with E-state index >= 15 is 0 Å². The van der Waals surface area contributed by atoms with Gasteiger partial charge in [0.15, 0.2) is 11.5 Å². The summed E-state index contributed by atoms with van der Waals surface area (Å²) in [6.07, 6.45) is 5.93. The molecule has 0 bridgehead atoms. The van der Waals surface area contributed by atoms with Gasteiger partial charge in [-0.1, -0.05) is 0 Å². The Balaban J connectivity index is 2.11. The highest BCUT2D eigenvalue weighted by atomic mass is 79.9. The average molecular weight is 329 g/mol. The first kappa shape index (κ1) is 14.2. The van der Waals surface area contributed by atoms with Crippen LogP contribution in [0.25, 0.3) is 5.65 Å². The number of ether oxygens (including phenoxy) is 1.